The number of carbonyl (C=O) groups excluding carboxylic acids is 1. The summed E-state index contributed by atoms with van der Waals surface area (Å²) in [5.41, 5.74) is 1.24. The zero-order valence-corrected chi connectivity index (χ0v) is 13.9. The molecule has 0 unspecified atom stereocenters. The van der Waals surface area contributed by atoms with Crippen molar-refractivity contribution in [3.05, 3.63) is 16.9 Å². The fourth-order valence-corrected chi connectivity index (χ4v) is 5.71. The Labute approximate surface area is 136 Å². The van der Waals surface area contributed by atoms with Crippen LogP contribution in [0, 0.1) is 30.1 Å². The second kappa shape index (κ2) is 5.26. The molecule has 1 N–H and O–H groups in total. The van der Waals surface area contributed by atoms with Crippen LogP contribution in [-0.4, -0.2) is 22.2 Å². The Bertz CT molecular complexity index is 559. The maximum atomic E-state index is 12.3. The Morgan fingerprint density at radius 2 is 1.91 bits per heavy atom. The Morgan fingerprint density at radius 3 is 2.41 bits per heavy atom. The molecule has 4 bridgehead atoms. The molecule has 1 aromatic heterocycles. The van der Waals surface area contributed by atoms with Gasteiger partial charge in [0.15, 0.2) is 0 Å². The average molecular weight is 322 g/mol. The van der Waals surface area contributed by atoms with E-state index >= 15 is 0 Å². The molecule has 4 aliphatic rings. The molecule has 0 atom stereocenters. The number of halogens is 1. The Balaban J connectivity index is 1.36. The normalized spacial score (nSPS) is 35.8. The van der Waals surface area contributed by atoms with Crippen LogP contribution in [0.5, 0.6) is 0 Å². The van der Waals surface area contributed by atoms with Gasteiger partial charge in [0.2, 0.25) is 5.91 Å². The van der Waals surface area contributed by atoms with Gasteiger partial charge in [-0.3, -0.25) is 9.48 Å². The van der Waals surface area contributed by atoms with E-state index < -0.39 is 0 Å². The molecule has 4 fully saturated rings. The standard InChI is InChI=1S/C17H24ClN3O/c1-11-15(18)8-20-21(11)9-16(22)19-10-17-5-12-2-13(6-17)4-14(3-12)7-17/h8,12-14H,2-7,9-10H2,1H3,(H,19,22). The molecule has 1 heterocycles. The highest BCUT2D eigenvalue weighted by Gasteiger charge is 2.50. The Kier molecular flexibility index (Phi) is 3.48. The first-order valence-corrected chi connectivity index (χ1v) is 8.85. The van der Waals surface area contributed by atoms with Crippen molar-refractivity contribution in [1.82, 2.24) is 15.1 Å². The summed E-state index contributed by atoms with van der Waals surface area (Å²) < 4.78 is 1.68. The quantitative estimate of drug-likeness (QED) is 0.926. The van der Waals surface area contributed by atoms with Crippen LogP contribution >= 0.6 is 11.6 Å². The molecule has 4 nitrogen and oxygen atoms in total. The lowest BCUT2D eigenvalue weighted by atomic mass is 9.49. The van der Waals surface area contributed by atoms with Crippen LogP contribution in [0.4, 0.5) is 0 Å². The van der Waals surface area contributed by atoms with Crippen LogP contribution in [0.1, 0.15) is 44.2 Å². The zero-order chi connectivity index (χ0) is 15.3. The maximum Gasteiger partial charge on any atom is 0.241 e. The highest BCUT2D eigenvalue weighted by Crippen LogP contribution is 2.59. The van der Waals surface area contributed by atoms with Crippen LogP contribution in [0.15, 0.2) is 6.20 Å². The molecule has 4 aliphatic carbocycles. The van der Waals surface area contributed by atoms with Crippen LogP contribution < -0.4 is 5.32 Å². The van der Waals surface area contributed by atoms with Gasteiger partial charge in [0, 0.05) is 6.54 Å². The molecule has 1 amide bonds. The first-order chi connectivity index (χ1) is 10.5. The van der Waals surface area contributed by atoms with Crippen LogP contribution in [-0.2, 0) is 11.3 Å². The Hall–Kier alpha value is -1.03. The number of hydrogen-bond donors (Lipinski definition) is 1. The first-order valence-electron chi connectivity index (χ1n) is 8.48. The van der Waals surface area contributed by atoms with Gasteiger partial charge in [0.25, 0.3) is 0 Å². The minimum Gasteiger partial charge on any atom is -0.354 e. The van der Waals surface area contributed by atoms with E-state index in [0.717, 1.165) is 30.0 Å². The Morgan fingerprint density at radius 1 is 1.32 bits per heavy atom. The summed E-state index contributed by atoms with van der Waals surface area (Å²) in [6, 6.07) is 0. The molecule has 0 aromatic carbocycles. The minimum absolute atomic E-state index is 0.0543. The van der Waals surface area contributed by atoms with E-state index in [0.29, 0.717) is 10.4 Å². The lowest BCUT2D eigenvalue weighted by Gasteiger charge is -2.56. The van der Waals surface area contributed by atoms with Gasteiger partial charge in [-0.25, -0.2) is 0 Å². The summed E-state index contributed by atoms with van der Waals surface area (Å²) in [7, 11) is 0. The van der Waals surface area contributed by atoms with Crippen molar-refractivity contribution in [2.24, 2.45) is 23.2 Å². The molecule has 5 heteroatoms. The molecule has 0 aliphatic heterocycles. The van der Waals surface area contributed by atoms with E-state index in [2.05, 4.69) is 10.4 Å². The van der Waals surface area contributed by atoms with Crippen LogP contribution in [0.3, 0.4) is 0 Å². The van der Waals surface area contributed by atoms with Crippen molar-refractivity contribution in [1.29, 1.82) is 0 Å². The van der Waals surface area contributed by atoms with E-state index in [1.54, 1.807) is 10.9 Å². The van der Waals surface area contributed by atoms with Gasteiger partial charge >= 0.3 is 0 Å². The second-order valence-corrected chi connectivity index (χ2v) is 8.34. The summed E-state index contributed by atoms with van der Waals surface area (Å²) in [5.74, 6) is 2.83. The van der Waals surface area contributed by atoms with Crippen molar-refractivity contribution in [3.8, 4) is 0 Å². The van der Waals surface area contributed by atoms with Gasteiger partial charge in [-0.15, -0.1) is 0 Å². The average Bonchev–Trinajstić information content (AvgIpc) is 2.76. The SMILES string of the molecule is Cc1c(Cl)cnn1CC(=O)NCC12CC3CC(CC(C3)C1)C2. The number of hydrogen-bond acceptors (Lipinski definition) is 2. The summed E-state index contributed by atoms with van der Waals surface area (Å²) in [5, 5.41) is 7.95. The maximum absolute atomic E-state index is 12.3. The highest BCUT2D eigenvalue weighted by atomic mass is 35.5. The predicted octanol–water partition coefficient (Wildman–Crippen LogP) is 3.18. The van der Waals surface area contributed by atoms with Gasteiger partial charge < -0.3 is 5.32 Å². The fraction of sp³-hybridized carbons (Fsp3) is 0.765. The van der Waals surface area contributed by atoms with Crippen molar-refractivity contribution in [3.63, 3.8) is 0 Å². The van der Waals surface area contributed by atoms with E-state index in [4.69, 9.17) is 11.6 Å². The summed E-state index contributed by atoms with van der Waals surface area (Å²) >= 11 is 5.99. The topological polar surface area (TPSA) is 46.9 Å². The lowest BCUT2D eigenvalue weighted by Crippen LogP contribution is -2.51. The highest BCUT2D eigenvalue weighted by molar-refractivity contribution is 6.31. The summed E-state index contributed by atoms with van der Waals surface area (Å²) in [4.78, 5) is 12.3. The fourth-order valence-electron chi connectivity index (χ4n) is 5.57. The molecule has 0 spiro atoms. The largest absolute Gasteiger partial charge is 0.354 e. The minimum atomic E-state index is 0.0543. The third-order valence-corrected chi connectivity index (χ3v) is 6.53. The van der Waals surface area contributed by atoms with Crippen LogP contribution in [0.2, 0.25) is 5.02 Å². The molecule has 5 rings (SSSR count). The molecule has 0 saturated heterocycles. The number of rotatable bonds is 4. The number of nitrogens with one attached hydrogen (secondary N) is 1. The molecular weight excluding hydrogens is 298 g/mol. The van der Waals surface area contributed by atoms with E-state index in [1.165, 1.54) is 38.5 Å². The third-order valence-electron chi connectivity index (χ3n) is 6.16. The molecule has 120 valence electrons. The number of amides is 1. The van der Waals surface area contributed by atoms with E-state index in [-0.39, 0.29) is 12.5 Å². The van der Waals surface area contributed by atoms with Gasteiger partial charge in [-0.1, -0.05) is 11.6 Å². The third kappa shape index (κ3) is 2.55. The number of nitrogens with zero attached hydrogens (tertiary/aromatic N) is 2. The smallest absolute Gasteiger partial charge is 0.241 e. The van der Waals surface area contributed by atoms with Crippen molar-refractivity contribution in [2.75, 3.05) is 6.54 Å². The monoisotopic (exact) mass is 321 g/mol. The van der Waals surface area contributed by atoms with Crippen molar-refractivity contribution < 1.29 is 4.79 Å². The van der Waals surface area contributed by atoms with E-state index in [1.807, 2.05) is 6.92 Å². The lowest BCUT2D eigenvalue weighted by molar-refractivity contribution is -0.124. The summed E-state index contributed by atoms with van der Waals surface area (Å²) in [6.45, 7) is 3.01. The van der Waals surface area contributed by atoms with Gasteiger partial charge in [-0.2, -0.15) is 5.10 Å². The molecule has 22 heavy (non-hydrogen) atoms. The molecular formula is C17H24ClN3O. The van der Waals surface area contributed by atoms with Crippen LogP contribution in [0.25, 0.3) is 0 Å². The number of carbonyl (C=O) groups is 1. The van der Waals surface area contributed by atoms with Gasteiger partial charge in [0.1, 0.15) is 6.54 Å². The first kappa shape index (κ1) is 14.6. The van der Waals surface area contributed by atoms with E-state index in [9.17, 15) is 4.79 Å². The van der Waals surface area contributed by atoms with Crippen molar-refractivity contribution >= 4 is 17.5 Å². The van der Waals surface area contributed by atoms with Gasteiger partial charge in [0.05, 0.1) is 16.9 Å². The summed E-state index contributed by atoms with van der Waals surface area (Å²) in [6.07, 6.45) is 9.90. The van der Waals surface area contributed by atoms with Crippen molar-refractivity contribution in [2.45, 2.75) is 52.0 Å². The van der Waals surface area contributed by atoms with Gasteiger partial charge in [-0.05, 0) is 68.6 Å². The zero-order valence-electron chi connectivity index (χ0n) is 13.1. The number of aromatic nitrogens is 2. The predicted molar refractivity (Wildman–Crippen MR) is 85.6 cm³/mol. The second-order valence-electron chi connectivity index (χ2n) is 7.93. The molecule has 4 saturated carbocycles. The molecule has 1 aromatic rings. The molecule has 0 radical (unpaired) electrons.